The third-order valence-electron chi connectivity index (χ3n) is 4.66. The van der Waals surface area contributed by atoms with Crippen molar-refractivity contribution in [1.29, 1.82) is 5.26 Å². The largest absolute Gasteiger partial charge is 0.490 e. The second kappa shape index (κ2) is 12.4. The third kappa shape index (κ3) is 9.79. The summed E-state index contributed by atoms with van der Waals surface area (Å²) in [7, 11) is 0. The highest BCUT2D eigenvalue weighted by Gasteiger charge is 2.39. The van der Waals surface area contributed by atoms with Gasteiger partial charge in [0.25, 0.3) is 0 Å². The molecule has 1 atom stereocenters. The predicted octanol–water partition coefficient (Wildman–Crippen LogP) is 2.43. The van der Waals surface area contributed by atoms with E-state index in [-0.39, 0.29) is 5.41 Å². The van der Waals surface area contributed by atoms with E-state index in [0.29, 0.717) is 5.69 Å². The van der Waals surface area contributed by atoms with Gasteiger partial charge in [-0.3, -0.25) is 0 Å². The maximum absolute atomic E-state index is 10.6. The van der Waals surface area contributed by atoms with E-state index < -0.39 is 24.3 Å². The highest BCUT2D eigenvalue weighted by Crippen LogP contribution is 2.31. The first-order chi connectivity index (χ1) is 15.7. The van der Waals surface area contributed by atoms with Gasteiger partial charge in [-0.15, -0.1) is 0 Å². The van der Waals surface area contributed by atoms with Crippen molar-refractivity contribution >= 4 is 17.8 Å². The number of ether oxygens (including phenoxy) is 1. The van der Waals surface area contributed by atoms with E-state index in [1.165, 1.54) is 12.8 Å². The van der Waals surface area contributed by atoms with Gasteiger partial charge in [-0.1, -0.05) is 6.07 Å². The third-order valence-corrected chi connectivity index (χ3v) is 4.66. The first-order valence-electron chi connectivity index (χ1n) is 9.71. The number of carboxylic acids is 2. The van der Waals surface area contributed by atoms with Crippen LogP contribution in [0.15, 0.2) is 18.2 Å². The maximum atomic E-state index is 10.6. The molecule has 0 aromatic carbocycles. The Morgan fingerprint density at radius 1 is 1.15 bits per heavy atom. The summed E-state index contributed by atoms with van der Waals surface area (Å²) in [6, 6.07) is 7.74. The van der Waals surface area contributed by atoms with Crippen LogP contribution in [0.1, 0.15) is 18.5 Å². The van der Waals surface area contributed by atoms with Crippen molar-refractivity contribution in [3.8, 4) is 6.07 Å². The molecule has 1 aromatic rings. The topological polar surface area (TPSA) is 136 Å². The maximum Gasteiger partial charge on any atom is 0.490 e. The molecule has 2 fully saturated rings. The summed E-state index contributed by atoms with van der Waals surface area (Å²) in [6.07, 6.45) is -7.78. The van der Waals surface area contributed by atoms with Crippen LogP contribution in [0.4, 0.5) is 32.2 Å². The summed E-state index contributed by atoms with van der Waals surface area (Å²) in [5.41, 5.74) is 0.655. The molecule has 3 N–H and O–H groups in total. The van der Waals surface area contributed by atoms with Crippen molar-refractivity contribution in [1.82, 2.24) is 10.3 Å². The Balaban J connectivity index is 0.000000343. The molecule has 2 aliphatic rings. The fourth-order valence-corrected chi connectivity index (χ4v) is 3.14. The van der Waals surface area contributed by atoms with Gasteiger partial charge in [0.1, 0.15) is 17.6 Å². The number of aliphatic carboxylic acids is 2. The summed E-state index contributed by atoms with van der Waals surface area (Å²) in [5.74, 6) is -4.63. The number of rotatable bonds is 1. The minimum atomic E-state index is -5.08. The molecule has 9 nitrogen and oxygen atoms in total. The predicted molar refractivity (Wildman–Crippen MR) is 104 cm³/mol. The zero-order valence-corrected chi connectivity index (χ0v) is 17.6. The molecule has 0 bridgehead atoms. The van der Waals surface area contributed by atoms with Crippen LogP contribution in [0.25, 0.3) is 0 Å². The number of hydrogen-bond donors (Lipinski definition) is 3. The van der Waals surface area contributed by atoms with Gasteiger partial charge in [0.15, 0.2) is 0 Å². The molecule has 1 unspecified atom stereocenters. The summed E-state index contributed by atoms with van der Waals surface area (Å²) in [6.45, 7) is 5.42. The minimum absolute atomic E-state index is 0.180. The number of alkyl halides is 6. The van der Waals surface area contributed by atoms with Gasteiger partial charge in [0, 0.05) is 25.0 Å². The van der Waals surface area contributed by atoms with Crippen LogP contribution < -0.4 is 10.2 Å². The Hall–Kier alpha value is -3.12. The van der Waals surface area contributed by atoms with Crippen molar-refractivity contribution in [3.05, 3.63) is 23.9 Å². The SMILES string of the molecule is N#Cc1cccc(N2CCOCC3(CCCNC3)C2)n1.O=C(O)C(F)(F)F.O=C(O)C(F)(F)F. The molecule has 190 valence electrons. The van der Waals surface area contributed by atoms with Gasteiger partial charge in [-0.05, 0) is 31.5 Å². The van der Waals surface area contributed by atoms with Gasteiger partial charge < -0.3 is 25.2 Å². The normalized spacial score (nSPS) is 20.6. The molecular weight excluding hydrogens is 478 g/mol. The molecule has 2 aliphatic heterocycles. The Labute approximate surface area is 189 Å². The van der Waals surface area contributed by atoms with Crippen LogP contribution >= 0.6 is 0 Å². The average molecular weight is 500 g/mol. The number of anilines is 1. The van der Waals surface area contributed by atoms with E-state index in [1.54, 1.807) is 6.07 Å². The fourth-order valence-electron chi connectivity index (χ4n) is 3.14. The minimum Gasteiger partial charge on any atom is -0.475 e. The molecule has 34 heavy (non-hydrogen) atoms. The van der Waals surface area contributed by atoms with Crippen LogP contribution in [0, 0.1) is 16.7 Å². The van der Waals surface area contributed by atoms with Crippen molar-refractivity contribution in [2.45, 2.75) is 25.2 Å². The fraction of sp³-hybridized carbons (Fsp3) is 0.579. The molecule has 0 amide bonds. The highest BCUT2D eigenvalue weighted by molar-refractivity contribution is 5.73. The molecule has 0 saturated carbocycles. The van der Waals surface area contributed by atoms with Crippen LogP contribution in [-0.2, 0) is 14.3 Å². The molecule has 1 spiro atoms. The monoisotopic (exact) mass is 500 g/mol. The Kier molecular flexibility index (Phi) is 10.5. The van der Waals surface area contributed by atoms with E-state index in [4.69, 9.17) is 29.8 Å². The summed E-state index contributed by atoms with van der Waals surface area (Å²) >= 11 is 0. The second-order valence-corrected chi connectivity index (χ2v) is 7.35. The van der Waals surface area contributed by atoms with E-state index in [0.717, 1.165) is 45.2 Å². The lowest BCUT2D eigenvalue weighted by atomic mass is 9.81. The van der Waals surface area contributed by atoms with Gasteiger partial charge in [0.05, 0.1) is 13.2 Å². The number of nitriles is 1. The van der Waals surface area contributed by atoms with Crippen LogP contribution in [0.3, 0.4) is 0 Å². The number of nitrogens with zero attached hydrogens (tertiary/aromatic N) is 3. The summed E-state index contributed by atoms with van der Waals surface area (Å²) in [5, 5.41) is 26.7. The second-order valence-electron chi connectivity index (χ2n) is 7.35. The number of carboxylic acid groups (broad SMARTS) is 2. The number of halogens is 6. The lowest BCUT2D eigenvalue weighted by Gasteiger charge is -2.39. The number of nitrogens with one attached hydrogen (secondary N) is 1. The number of carbonyl (C=O) groups is 2. The van der Waals surface area contributed by atoms with Crippen molar-refractivity contribution in [3.63, 3.8) is 0 Å². The highest BCUT2D eigenvalue weighted by atomic mass is 19.4. The van der Waals surface area contributed by atoms with E-state index in [2.05, 4.69) is 21.3 Å². The molecule has 2 saturated heterocycles. The molecular formula is C19H22F6N4O5. The Morgan fingerprint density at radius 3 is 2.21 bits per heavy atom. The zero-order valence-electron chi connectivity index (χ0n) is 17.6. The molecule has 1 aromatic heterocycles. The standard InChI is InChI=1S/C15H20N4O.2C2HF3O2/c16-9-13-3-1-4-14(18-13)19-7-8-20-12-15(11-19)5-2-6-17-10-15;2*3-2(4,5)1(6)7/h1,3-4,17H,2,5-8,10-12H2;2*(H,6,7). The first-order valence-corrected chi connectivity index (χ1v) is 9.71. The number of piperidine rings is 1. The molecule has 3 rings (SSSR count). The first kappa shape index (κ1) is 28.9. The quantitative estimate of drug-likeness (QED) is 0.497. The molecule has 0 radical (unpaired) electrons. The zero-order chi connectivity index (χ0) is 26.0. The molecule has 3 heterocycles. The number of pyridine rings is 1. The van der Waals surface area contributed by atoms with Gasteiger partial charge in [0.2, 0.25) is 0 Å². The number of aromatic nitrogens is 1. The summed E-state index contributed by atoms with van der Waals surface area (Å²) in [4.78, 5) is 24.5. The lowest BCUT2D eigenvalue weighted by Crippen LogP contribution is -2.49. The molecule has 0 aliphatic carbocycles. The van der Waals surface area contributed by atoms with Gasteiger partial charge >= 0.3 is 24.3 Å². The van der Waals surface area contributed by atoms with Crippen LogP contribution in [0.2, 0.25) is 0 Å². The van der Waals surface area contributed by atoms with Crippen molar-refractivity contribution in [2.24, 2.45) is 5.41 Å². The smallest absolute Gasteiger partial charge is 0.475 e. The summed E-state index contributed by atoms with van der Waals surface area (Å²) < 4.78 is 69.3. The van der Waals surface area contributed by atoms with Gasteiger partial charge in [-0.2, -0.15) is 31.6 Å². The van der Waals surface area contributed by atoms with E-state index >= 15 is 0 Å². The van der Waals surface area contributed by atoms with Gasteiger partial charge in [-0.25, -0.2) is 14.6 Å². The Bertz CT molecular complexity index is 842. The lowest BCUT2D eigenvalue weighted by molar-refractivity contribution is -0.193. The van der Waals surface area contributed by atoms with Crippen LogP contribution in [0.5, 0.6) is 0 Å². The van der Waals surface area contributed by atoms with Crippen LogP contribution in [-0.4, -0.2) is 78.9 Å². The average Bonchev–Trinajstić information content (AvgIpc) is 2.96. The molecule has 15 heteroatoms. The van der Waals surface area contributed by atoms with Crippen molar-refractivity contribution in [2.75, 3.05) is 44.3 Å². The Morgan fingerprint density at radius 2 is 1.74 bits per heavy atom. The number of hydrogen-bond acceptors (Lipinski definition) is 7. The van der Waals surface area contributed by atoms with Crippen molar-refractivity contribution < 1.29 is 50.9 Å². The van der Waals surface area contributed by atoms with E-state index in [1.807, 2.05) is 12.1 Å². The van der Waals surface area contributed by atoms with E-state index in [9.17, 15) is 26.3 Å².